The Labute approximate surface area is 89.7 Å². The first-order chi connectivity index (χ1) is 7.45. The topological polar surface area (TPSA) is 36.8 Å². The third kappa shape index (κ3) is 1.52. The third-order valence-electron chi connectivity index (χ3n) is 3.33. The van der Waals surface area contributed by atoms with Crippen molar-refractivity contribution in [2.24, 2.45) is 16.0 Å². The summed E-state index contributed by atoms with van der Waals surface area (Å²) in [5.74, 6) is 0.690. The Hall–Kier alpha value is -1.38. The lowest BCUT2D eigenvalue weighted by molar-refractivity contribution is 0.534. The SMILES string of the molecule is C1=CNN=C2CCC3CCCN=C3C2=C1. The minimum atomic E-state index is 0.690. The van der Waals surface area contributed by atoms with Crippen molar-refractivity contribution >= 4 is 11.4 Å². The van der Waals surface area contributed by atoms with Crippen LogP contribution in [0, 0.1) is 5.92 Å². The standard InChI is InChI=1S/C12H15N3/c1-3-9-5-6-11-10(12(9)13-7-1)4-2-8-14-15-11/h2,4,8-9,14H,1,3,5-7H2. The van der Waals surface area contributed by atoms with Crippen LogP contribution in [0.2, 0.25) is 0 Å². The summed E-state index contributed by atoms with van der Waals surface area (Å²) in [7, 11) is 0. The molecule has 0 amide bonds. The molecule has 1 N–H and O–H groups in total. The second-order valence-electron chi connectivity index (χ2n) is 4.27. The Morgan fingerprint density at radius 1 is 1.33 bits per heavy atom. The van der Waals surface area contributed by atoms with Gasteiger partial charge in [0.2, 0.25) is 0 Å². The molecule has 1 unspecified atom stereocenters. The molecule has 1 aliphatic carbocycles. The molecule has 1 saturated carbocycles. The third-order valence-corrected chi connectivity index (χ3v) is 3.33. The monoisotopic (exact) mass is 201 g/mol. The lowest BCUT2D eigenvalue weighted by atomic mass is 9.78. The number of hydrogen-bond acceptors (Lipinski definition) is 3. The van der Waals surface area contributed by atoms with Gasteiger partial charge in [-0.05, 0) is 37.8 Å². The fourth-order valence-corrected chi connectivity index (χ4v) is 2.58. The molecule has 0 bridgehead atoms. The van der Waals surface area contributed by atoms with Gasteiger partial charge in [0.1, 0.15) is 0 Å². The fraction of sp³-hybridized carbons (Fsp3) is 0.500. The molecule has 3 rings (SSSR count). The molecule has 1 atom stereocenters. The molecule has 15 heavy (non-hydrogen) atoms. The van der Waals surface area contributed by atoms with Crippen molar-refractivity contribution in [2.75, 3.05) is 6.54 Å². The summed E-state index contributed by atoms with van der Waals surface area (Å²) in [6, 6.07) is 0. The fourth-order valence-electron chi connectivity index (χ4n) is 2.58. The van der Waals surface area contributed by atoms with E-state index in [9.17, 15) is 0 Å². The maximum absolute atomic E-state index is 4.68. The molecule has 2 heterocycles. The van der Waals surface area contributed by atoms with Crippen molar-refractivity contribution < 1.29 is 0 Å². The second kappa shape index (κ2) is 3.65. The Morgan fingerprint density at radius 2 is 2.33 bits per heavy atom. The van der Waals surface area contributed by atoms with Gasteiger partial charge in [-0.1, -0.05) is 0 Å². The van der Waals surface area contributed by atoms with Crippen LogP contribution in [0.3, 0.4) is 0 Å². The van der Waals surface area contributed by atoms with E-state index < -0.39 is 0 Å². The van der Waals surface area contributed by atoms with E-state index in [0.717, 1.165) is 13.0 Å². The summed E-state index contributed by atoms with van der Waals surface area (Å²) >= 11 is 0. The van der Waals surface area contributed by atoms with Crippen molar-refractivity contribution in [3.63, 3.8) is 0 Å². The number of nitrogens with zero attached hydrogens (tertiary/aromatic N) is 2. The van der Waals surface area contributed by atoms with E-state index in [1.54, 1.807) is 0 Å². The molecule has 2 aliphatic heterocycles. The molecule has 0 spiro atoms. The van der Waals surface area contributed by atoms with E-state index in [2.05, 4.69) is 21.6 Å². The summed E-state index contributed by atoms with van der Waals surface area (Å²) < 4.78 is 0. The van der Waals surface area contributed by atoms with E-state index in [1.165, 1.54) is 36.3 Å². The molecular formula is C12H15N3. The molecule has 0 radical (unpaired) electrons. The van der Waals surface area contributed by atoms with Crippen LogP contribution in [-0.4, -0.2) is 18.0 Å². The maximum Gasteiger partial charge on any atom is 0.0697 e. The molecule has 0 aromatic carbocycles. The minimum absolute atomic E-state index is 0.690. The lowest BCUT2D eigenvalue weighted by Crippen LogP contribution is -2.31. The van der Waals surface area contributed by atoms with Gasteiger partial charge in [-0.2, -0.15) is 5.10 Å². The molecular weight excluding hydrogens is 186 g/mol. The van der Waals surface area contributed by atoms with Gasteiger partial charge in [0.15, 0.2) is 0 Å². The maximum atomic E-state index is 4.68. The van der Waals surface area contributed by atoms with Crippen LogP contribution in [0.4, 0.5) is 0 Å². The van der Waals surface area contributed by atoms with Crippen LogP contribution in [0.1, 0.15) is 25.7 Å². The predicted molar refractivity (Wildman–Crippen MR) is 62.1 cm³/mol. The van der Waals surface area contributed by atoms with E-state index in [1.807, 2.05) is 12.3 Å². The molecule has 0 saturated heterocycles. The molecule has 3 heteroatoms. The van der Waals surface area contributed by atoms with Gasteiger partial charge < -0.3 is 0 Å². The van der Waals surface area contributed by atoms with Gasteiger partial charge in [0.05, 0.1) is 5.71 Å². The zero-order valence-electron chi connectivity index (χ0n) is 8.74. The normalized spacial score (nSPS) is 28.8. The molecule has 0 aromatic rings. The number of allylic oxidation sites excluding steroid dienone is 3. The molecule has 3 aliphatic rings. The number of nitrogens with one attached hydrogen (secondary N) is 1. The Kier molecular flexibility index (Phi) is 2.16. The van der Waals surface area contributed by atoms with Gasteiger partial charge in [-0.25, -0.2) is 0 Å². The highest BCUT2D eigenvalue weighted by Gasteiger charge is 2.30. The first kappa shape index (κ1) is 8.89. The highest BCUT2D eigenvalue weighted by atomic mass is 15.3. The quantitative estimate of drug-likeness (QED) is 0.639. The van der Waals surface area contributed by atoms with Gasteiger partial charge in [-0.3, -0.25) is 10.4 Å². The van der Waals surface area contributed by atoms with E-state index >= 15 is 0 Å². The van der Waals surface area contributed by atoms with Crippen LogP contribution < -0.4 is 5.43 Å². The van der Waals surface area contributed by atoms with Crippen LogP contribution in [0.25, 0.3) is 0 Å². The van der Waals surface area contributed by atoms with Crippen molar-refractivity contribution in [3.05, 3.63) is 23.9 Å². The van der Waals surface area contributed by atoms with Crippen LogP contribution >= 0.6 is 0 Å². The highest BCUT2D eigenvalue weighted by Crippen LogP contribution is 2.31. The van der Waals surface area contributed by atoms with Crippen molar-refractivity contribution in [1.29, 1.82) is 0 Å². The summed E-state index contributed by atoms with van der Waals surface area (Å²) in [4.78, 5) is 4.68. The lowest BCUT2D eigenvalue weighted by Gasteiger charge is -2.30. The van der Waals surface area contributed by atoms with E-state index in [4.69, 9.17) is 0 Å². The van der Waals surface area contributed by atoms with Crippen molar-refractivity contribution in [1.82, 2.24) is 5.43 Å². The largest absolute Gasteiger partial charge is 0.289 e. The number of fused-ring (bicyclic) bond motifs is 3. The zero-order valence-corrected chi connectivity index (χ0v) is 8.74. The Morgan fingerprint density at radius 3 is 3.33 bits per heavy atom. The second-order valence-corrected chi connectivity index (χ2v) is 4.27. The number of aliphatic imine (C=N–C) groups is 1. The van der Waals surface area contributed by atoms with Crippen molar-refractivity contribution in [2.45, 2.75) is 25.7 Å². The zero-order chi connectivity index (χ0) is 10.1. The smallest absolute Gasteiger partial charge is 0.0697 e. The van der Waals surface area contributed by atoms with Crippen LogP contribution in [0.5, 0.6) is 0 Å². The number of rotatable bonds is 0. The van der Waals surface area contributed by atoms with E-state index in [0.29, 0.717) is 5.92 Å². The molecule has 0 aromatic heterocycles. The average Bonchev–Trinajstić information content (AvgIpc) is 2.54. The number of hydrogen-bond donors (Lipinski definition) is 1. The Bertz CT molecular complexity index is 388. The van der Waals surface area contributed by atoms with Gasteiger partial charge >= 0.3 is 0 Å². The first-order valence-electron chi connectivity index (χ1n) is 5.69. The predicted octanol–water partition coefficient (Wildman–Crippen LogP) is 2.03. The Balaban J connectivity index is 2.03. The molecule has 78 valence electrons. The summed E-state index contributed by atoms with van der Waals surface area (Å²) in [6.45, 7) is 0.994. The number of hydrazone groups is 1. The summed E-state index contributed by atoms with van der Waals surface area (Å²) in [5.41, 5.74) is 6.70. The first-order valence-corrected chi connectivity index (χ1v) is 5.69. The summed E-state index contributed by atoms with van der Waals surface area (Å²) in [5, 5.41) is 4.37. The van der Waals surface area contributed by atoms with Crippen molar-refractivity contribution in [3.8, 4) is 0 Å². The van der Waals surface area contributed by atoms with Crippen LogP contribution in [-0.2, 0) is 0 Å². The molecule has 1 fully saturated rings. The van der Waals surface area contributed by atoms with Gasteiger partial charge in [0.25, 0.3) is 0 Å². The average molecular weight is 201 g/mol. The van der Waals surface area contributed by atoms with Crippen LogP contribution in [0.15, 0.2) is 34.0 Å². The van der Waals surface area contributed by atoms with Gasteiger partial charge in [0, 0.05) is 29.9 Å². The highest BCUT2D eigenvalue weighted by molar-refractivity contribution is 6.27. The van der Waals surface area contributed by atoms with Gasteiger partial charge in [-0.15, -0.1) is 0 Å². The summed E-state index contributed by atoms with van der Waals surface area (Å²) in [6.07, 6.45) is 10.9. The minimum Gasteiger partial charge on any atom is -0.289 e. The van der Waals surface area contributed by atoms with E-state index in [-0.39, 0.29) is 0 Å². The molecule has 3 nitrogen and oxygen atoms in total.